The summed E-state index contributed by atoms with van der Waals surface area (Å²) >= 11 is 6.94. The number of hydrogen-bond acceptors (Lipinski definition) is 4. The van der Waals surface area contributed by atoms with Crippen molar-refractivity contribution in [3.63, 3.8) is 0 Å². The van der Waals surface area contributed by atoms with Gasteiger partial charge in [-0.15, -0.1) is 11.3 Å². The molecule has 0 spiro atoms. The van der Waals surface area contributed by atoms with Crippen LogP contribution < -0.4 is 10.6 Å². The minimum absolute atomic E-state index is 0.313. The van der Waals surface area contributed by atoms with Gasteiger partial charge in [0, 0.05) is 10.9 Å². The van der Waals surface area contributed by atoms with E-state index in [9.17, 15) is 4.79 Å². The molecule has 2 N–H and O–H groups in total. The van der Waals surface area contributed by atoms with Crippen LogP contribution in [0.4, 0.5) is 5.00 Å². The lowest BCUT2D eigenvalue weighted by molar-refractivity contribution is 0.0601. The van der Waals surface area contributed by atoms with Crippen LogP contribution in [-0.4, -0.2) is 24.2 Å². The van der Waals surface area contributed by atoms with Gasteiger partial charge in [0.15, 0.2) is 5.11 Å². The lowest BCUT2D eigenvalue weighted by Crippen LogP contribution is -2.36. The Bertz CT molecular complexity index is 541. The van der Waals surface area contributed by atoms with E-state index in [2.05, 4.69) is 24.5 Å². The first-order valence-electron chi connectivity index (χ1n) is 8.22. The number of thiocarbonyl (C=S) groups is 1. The molecule has 0 bridgehead atoms. The number of aryl methyl sites for hydroxylation is 1. The van der Waals surface area contributed by atoms with Gasteiger partial charge in [-0.1, -0.05) is 33.1 Å². The minimum Gasteiger partial charge on any atom is -0.465 e. The van der Waals surface area contributed by atoms with Crippen molar-refractivity contribution in [2.24, 2.45) is 0 Å². The van der Waals surface area contributed by atoms with Gasteiger partial charge in [0.25, 0.3) is 0 Å². The second-order valence-electron chi connectivity index (χ2n) is 5.68. The van der Waals surface area contributed by atoms with Gasteiger partial charge < -0.3 is 15.4 Å². The fourth-order valence-electron chi connectivity index (χ4n) is 2.55. The fourth-order valence-corrected chi connectivity index (χ4v) is 4.05. The highest BCUT2D eigenvalue weighted by Crippen LogP contribution is 2.33. The number of rotatable bonds is 8. The van der Waals surface area contributed by atoms with Crippen LogP contribution in [-0.2, 0) is 11.2 Å². The predicted octanol–water partition coefficient (Wildman–Crippen LogP) is 4.66. The van der Waals surface area contributed by atoms with Gasteiger partial charge in [-0.25, -0.2) is 4.79 Å². The molecule has 4 nitrogen and oxygen atoms in total. The maximum atomic E-state index is 12.1. The van der Waals surface area contributed by atoms with E-state index in [-0.39, 0.29) is 5.97 Å². The predicted molar refractivity (Wildman–Crippen MR) is 103 cm³/mol. The zero-order valence-corrected chi connectivity index (χ0v) is 16.4. The molecule has 0 aliphatic heterocycles. The summed E-state index contributed by atoms with van der Waals surface area (Å²) in [6.45, 7) is 8.38. The van der Waals surface area contributed by atoms with Crippen molar-refractivity contribution >= 4 is 39.6 Å². The number of anilines is 1. The zero-order chi connectivity index (χ0) is 17.4. The maximum Gasteiger partial charge on any atom is 0.341 e. The number of unbranched alkanes of at least 4 members (excludes halogenated alkanes) is 2. The summed E-state index contributed by atoms with van der Waals surface area (Å²) in [6.07, 6.45) is 5.53. The Balaban J connectivity index is 2.76. The average molecular weight is 357 g/mol. The first-order valence-corrected chi connectivity index (χ1v) is 9.45. The highest BCUT2D eigenvalue weighted by molar-refractivity contribution is 7.80. The van der Waals surface area contributed by atoms with Gasteiger partial charge in [0.2, 0.25) is 0 Å². The van der Waals surface area contributed by atoms with E-state index >= 15 is 0 Å². The monoisotopic (exact) mass is 356 g/mol. The van der Waals surface area contributed by atoms with Crippen molar-refractivity contribution in [1.29, 1.82) is 0 Å². The number of hydrogen-bond donors (Lipinski definition) is 2. The Hall–Kier alpha value is -1.14. The van der Waals surface area contributed by atoms with E-state index in [0.717, 1.165) is 28.3 Å². The third-order valence-corrected chi connectivity index (χ3v) is 5.08. The van der Waals surface area contributed by atoms with E-state index in [1.54, 1.807) is 11.3 Å². The lowest BCUT2D eigenvalue weighted by Gasteiger charge is -2.16. The van der Waals surface area contributed by atoms with E-state index < -0.39 is 0 Å². The number of carbonyl (C=O) groups is 1. The SMILES string of the molecule is CCCCCC(C)NC(=S)Nc1sc(C)c(CC)c1C(=O)OC. The number of carbonyl (C=O) groups excluding carboxylic acids is 1. The Morgan fingerprint density at radius 3 is 2.61 bits per heavy atom. The van der Waals surface area contributed by atoms with Crippen LogP contribution in [0.25, 0.3) is 0 Å². The smallest absolute Gasteiger partial charge is 0.341 e. The van der Waals surface area contributed by atoms with Crippen LogP contribution in [0.1, 0.15) is 67.3 Å². The molecule has 1 rings (SSSR count). The molecule has 0 radical (unpaired) electrons. The number of methoxy groups -OCH3 is 1. The molecule has 0 aliphatic carbocycles. The van der Waals surface area contributed by atoms with Crippen molar-refractivity contribution in [2.45, 2.75) is 65.8 Å². The van der Waals surface area contributed by atoms with E-state index in [1.807, 2.05) is 13.8 Å². The third kappa shape index (κ3) is 5.77. The normalized spacial score (nSPS) is 11.9. The standard InChI is InChI=1S/C17H28N2O2S2/c1-6-8-9-10-11(3)18-17(22)19-15-14(16(20)21-5)13(7-2)12(4)23-15/h11H,6-10H2,1-5H3,(H2,18,19,22). The van der Waals surface area contributed by atoms with Crippen LogP contribution in [0.15, 0.2) is 0 Å². The third-order valence-electron chi connectivity index (χ3n) is 3.80. The number of thiophene rings is 1. The summed E-state index contributed by atoms with van der Waals surface area (Å²) in [5.74, 6) is -0.313. The lowest BCUT2D eigenvalue weighted by atomic mass is 10.1. The molecule has 130 valence electrons. The first kappa shape index (κ1) is 19.9. The minimum atomic E-state index is -0.313. The molecule has 0 amide bonds. The second kappa shape index (κ2) is 9.88. The van der Waals surface area contributed by atoms with Gasteiger partial charge in [-0.3, -0.25) is 0 Å². The van der Waals surface area contributed by atoms with Crippen LogP contribution >= 0.6 is 23.6 Å². The second-order valence-corrected chi connectivity index (χ2v) is 7.31. The van der Waals surface area contributed by atoms with Gasteiger partial charge >= 0.3 is 5.97 Å². The van der Waals surface area contributed by atoms with Gasteiger partial charge in [-0.2, -0.15) is 0 Å². The maximum absolute atomic E-state index is 12.1. The molecule has 23 heavy (non-hydrogen) atoms. The molecule has 0 aliphatic rings. The molecule has 0 fully saturated rings. The molecular formula is C17H28N2O2S2. The molecule has 0 saturated heterocycles. The highest BCUT2D eigenvalue weighted by Gasteiger charge is 2.22. The van der Waals surface area contributed by atoms with Gasteiger partial charge in [0.1, 0.15) is 5.00 Å². The van der Waals surface area contributed by atoms with Crippen LogP contribution in [0.3, 0.4) is 0 Å². The van der Waals surface area contributed by atoms with Gasteiger partial charge in [0.05, 0.1) is 12.7 Å². The summed E-state index contributed by atoms with van der Waals surface area (Å²) in [5.41, 5.74) is 1.64. The topological polar surface area (TPSA) is 50.4 Å². The molecular weight excluding hydrogens is 328 g/mol. The summed E-state index contributed by atoms with van der Waals surface area (Å²) in [6, 6.07) is 0.315. The quantitative estimate of drug-likeness (QED) is 0.403. The summed E-state index contributed by atoms with van der Waals surface area (Å²) in [5, 5.41) is 7.80. The van der Waals surface area contributed by atoms with Crippen LogP contribution in [0.5, 0.6) is 0 Å². The molecule has 1 aromatic rings. The van der Waals surface area contributed by atoms with Crippen molar-refractivity contribution in [3.05, 3.63) is 16.0 Å². The Kier molecular flexibility index (Phi) is 8.55. The highest BCUT2D eigenvalue weighted by atomic mass is 32.1. The molecule has 0 saturated carbocycles. The van der Waals surface area contributed by atoms with E-state index in [4.69, 9.17) is 17.0 Å². The molecule has 1 atom stereocenters. The van der Waals surface area contributed by atoms with Crippen LogP contribution in [0.2, 0.25) is 0 Å². The van der Waals surface area contributed by atoms with Crippen LogP contribution in [0, 0.1) is 6.92 Å². The van der Waals surface area contributed by atoms with Crippen molar-refractivity contribution < 1.29 is 9.53 Å². The first-order chi connectivity index (χ1) is 10.9. The number of ether oxygens (including phenoxy) is 1. The molecule has 1 unspecified atom stereocenters. The molecule has 1 heterocycles. The Labute approximate surface area is 149 Å². The summed E-state index contributed by atoms with van der Waals surface area (Å²) in [7, 11) is 1.41. The fraction of sp³-hybridized carbons (Fsp3) is 0.647. The molecule has 6 heteroatoms. The molecule has 0 aromatic carbocycles. The van der Waals surface area contributed by atoms with Crippen molar-refractivity contribution in [1.82, 2.24) is 5.32 Å². The molecule has 1 aromatic heterocycles. The van der Waals surface area contributed by atoms with Crippen molar-refractivity contribution in [3.8, 4) is 0 Å². The summed E-state index contributed by atoms with van der Waals surface area (Å²) in [4.78, 5) is 13.2. The van der Waals surface area contributed by atoms with E-state index in [1.165, 1.54) is 26.4 Å². The Morgan fingerprint density at radius 1 is 1.35 bits per heavy atom. The number of esters is 1. The Morgan fingerprint density at radius 2 is 2.04 bits per heavy atom. The number of nitrogens with one attached hydrogen (secondary N) is 2. The zero-order valence-electron chi connectivity index (χ0n) is 14.7. The van der Waals surface area contributed by atoms with Crippen molar-refractivity contribution in [2.75, 3.05) is 12.4 Å². The van der Waals surface area contributed by atoms with Gasteiger partial charge in [-0.05, 0) is 44.5 Å². The summed E-state index contributed by atoms with van der Waals surface area (Å²) < 4.78 is 4.92. The van der Waals surface area contributed by atoms with E-state index in [0.29, 0.717) is 16.7 Å². The largest absolute Gasteiger partial charge is 0.465 e. The average Bonchev–Trinajstić information content (AvgIpc) is 2.81.